The molecule has 0 aliphatic heterocycles. The highest BCUT2D eigenvalue weighted by Crippen LogP contribution is 2.46. The molecule has 524 valence electrons. The van der Waals surface area contributed by atoms with Gasteiger partial charge in [-0.1, -0.05) is 243 Å². The Morgan fingerprint density at radius 3 is 1.23 bits per heavy atom. The molecule has 0 saturated heterocycles. The van der Waals surface area contributed by atoms with Crippen molar-refractivity contribution in [3.05, 3.63) is 340 Å². The molecule has 0 N–H and O–H groups in total. The summed E-state index contributed by atoms with van der Waals surface area (Å²) in [6, 6.07) is 116. The quantitative estimate of drug-likeness (QED) is 0.121. The molecule has 23 aromatic rings. The van der Waals surface area contributed by atoms with Crippen molar-refractivity contribution in [2.75, 3.05) is 0 Å². The zero-order chi connectivity index (χ0) is 73.7. The first kappa shape index (κ1) is 64.5. The molecule has 0 unspecified atom stereocenters. The number of nitrogens with zero attached hydrogens (tertiary/aromatic N) is 8. The van der Waals surface area contributed by atoms with E-state index < -0.39 is 0 Å². The van der Waals surface area contributed by atoms with Gasteiger partial charge in [-0.15, -0.1) is 22.7 Å². The lowest BCUT2D eigenvalue weighted by Gasteiger charge is -2.10. The maximum atomic E-state index is 6.53. The highest BCUT2D eigenvalue weighted by atomic mass is 32.1. The molecule has 0 fully saturated rings. The summed E-state index contributed by atoms with van der Waals surface area (Å²) in [5, 5.41) is 8.70. The molecule has 112 heavy (non-hydrogen) atoms. The molecule has 0 saturated carbocycles. The summed E-state index contributed by atoms with van der Waals surface area (Å²) in [6.45, 7) is 0. The molecule has 8 aromatic heterocycles. The van der Waals surface area contributed by atoms with E-state index in [1.807, 2.05) is 182 Å². The Kier molecular flexibility index (Phi) is 15.3. The van der Waals surface area contributed by atoms with Crippen LogP contribution in [-0.2, 0) is 0 Å². The lowest BCUT2D eigenvalue weighted by Crippen LogP contribution is -2.00. The lowest BCUT2D eigenvalue weighted by molar-refractivity contribution is 0.615. The van der Waals surface area contributed by atoms with E-state index in [0.717, 1.165) is 149 Å². The molecule has 0 aliphatic carbocycles. The van der Waals surface area contributed by atoms with Gasteiger partial charge in [0, 0.05) is 101 Å². The van der Waals surface area contributed by atoms with Crippen LogP contribution in [0.1, 0.15) is 0 Å². The van der Waals surface area contributed by atoms with Crippen molar-refractivity contribution in [1.29, 1.82) is 0 Å². The maximum Gasteiger partial charge on any atom is 0.231 e. The van der Waals surface area contributed by atoms with Crippen molar-refractivity contribution in [3.63, 3.8) is 0 Å². The van der Waals surface area contributed by atoms with Crippen molar-refractivity contribution in [1.82, 2.24) is 39.9 Å². The van der Waals surface area contributed by atoms with Crippen LogP contribution in [0.5, 0.6) is 0 Å². The Labute approximate surface area is 646 Å². The second-order valence-electron chi connectivity index (χ2n) is 27.6. The number of rotatable bonds is 11. The van der Waals surface area contributed by atoms with Crippen LogP contribution in [0.4, 0.5) is 0 Å². The predicted molar refractivity (Wildman–Crippen MR) is 455 cm³/mol. The molecule has 14 heteroatoms. The van der Waals surface area contributed by atoms with Gasteiger partial charge in [0.25, 0.3) is 0 Å². The van der Waals surface area contributed by atoms with Crippen molar-refractivity contribution < 1.29 is 17.7 Å². The molecule has 12 nitrogen and oxygen atoms in total. The summed E-state index contributed by atoms with van der Waals surface area (Å²) >= 11 is 3.58. The van der Waals surface area contributed by atoms with Crippen LogP contribution >= 0.6 is 22.7 Å². The zero-order valence-electron chi connectivity index (χ0n) is 59.4. The van der Waals surface area contributed by atoms with E-state index in [1.54, 1.807) is 22.7 Å². The molecule has 15 aromatic carbocycles. The monoisotopic (exact) mass is 1470 g/mol. The van der Waals surface area contributed by atoms with Crippen LogP contribution in [-0.4, -0.2) is 39.9 Å². The molecular formula is C98H56N8O4S2. The normalized spacial score (nSPS) is 11.8. The third-order valence-corrected chi connectivity index (χ3v) is 23.0. The molecule has 8 heterocycles. The topological polar surface area (TPSA) is 156 Å². The first-order chi connectivity index (χ1) is 55.4. The fraction of sp³-hybridized carbons (Fsp3) is 0. The van der Waals surface area contributed by atoms with Crippen molar-refractivity contribution in [3.8, 4) is 125 Å². The smallest absolute Gasteiger partial charge is 0.231 e. The molecular weight excluding hydrogens is 1420 g/mol. The van der Waals surface area contributed by atoms with Gasteiger partial charge >= 0.3 is 0 Å². The Morgan fingerprint density at radius 1 is 0.188 bits per heavy atom. The van der Waals surface area contributed by atoms with Gasteiger partial charge in [0.2, 0.25) is 11.8 Å². The van der Waals surface area contributed by atoms with Gasteiger partial charge in [0.1, 0.15) is 33.4 Å². The SMILES string of the molecule is c1ccc(-c2cccc(-c3nc(-c4ccccc4)nc(-c4cccc5oc6ccc(-c7ccc8nc(-c9cccc%10c9oc9ccccc9%10)oc8c7)cc6c45)n3)c2)cc1.c1ccc(-c2nc(-c3ccccc3)nc(-c3cccc4sc5ccc(-c6ccc7nc(-c8cccc9sc%10ccccc%10c89)oc7c6)cc5c34)n2)cc1. The van der Waals surface area contributed by atoms with E-state index in [9.17, 15) is 0 Å². The first-order valence-electron chi connectivity index (χ1n) is 36.8. The number of hydrogen-bond acceptors (Lipinski definition) is 14. The van der Waals surface area contributed by atoms with Gasteiger partial charge in [-0.3, -0.25) is 0 Å². The number of hydrogen-bond donors (Lipinski definition) is 0. The van der Waals surface area contributed by atoms with Crippen LogP contribution in [0.3, 0.4) is 0 Å². The van der Waals surface area contributed by atoms with Crippen molar-refractivity contribution in [2.45, 2.75) is 0 Å². The van der Waals surface area contributed by atoms with Crippen LogP contribution in [0.2, 0.25) is 0 Å². The summed E-state index contributed by atoms with van der Waals surface area (Å²) in [4.78, 5) is 40.2. The number of furan rings is 2. The number of para-hydroxylation sites is 2. The van der Waals surface area contributed by atoms with Gasteiger partial charge in [-0.2, -0.15) is 0 Å². The fourth-order valence-corrected chi connectivity index (χ4v) is 17.7. The van der Waals surface area contributed by atoms with E-state index in [2.05, 4.69) is 158 Å². The van der Waals surface area contributed by atoms with E-state index in [-0.39, 0.29) is 0 Å². The number of thiophene rings is 2. The second kappa shape index (κ2) is 26.6. The predicted octanol–water partition coefficient (Wildman–Crippen LogP) is 26.9. The number of aromatic nitrogens is 8. The molecule has 0 atom stereocenters. The summed E-state index contributed by atoms with van der Waals surface area (Å²) in [5.41, 5.74) is 19.9. The summed E-state index contributed by atoms with van der Waals surface area (Å²) in [6.07, 6.45) is 0. The van der Waals surface area contributed by atoms with Crippen LogP contribution in [0, 0.1) is 0 Å². The summed E-state index contributed by atoms with van der Waals surface area (Å²) in [5.74, 6) is 4.85. The minimum atomic E-state index is 0.515. The van der Waals surface area contributed by atoms with Gasteiger partial charge < -0.3 is 17.7 Å². The molecule has 23 rings (SSSR count). The van der Waals surface area contributed by atoms with Crippen molar-refractivity contribution >= 4 is 129 Å². The van der Waals surface area contributed by atoms with E-state index in [0.29, 0.717) is 52.3 Å². The average molecular weight is 1470 g/mol. The van der Waals surface area contributed by atoms with E-state index >= 15 is 0 Å². The Hall–Kier alpha value is -14.7. The molecule has 0 aliphatic rings. The largest absolute Gasteiger partial charge is 0.456 e. The lowest BCUT2D eigenvalue weighted by atomic mass is 10.00. The van der Waals surface area contributed by atoms with Crippen LogP contribution in [0.15, 0.2) is 357 Å². The highest BCUT2D eigenvalue weighted by Gasteiger charge is 2.24. The number of oxazole rings is 2. The van der Waals surface area contributed by atoms with E-state index in [4.69, 9.17) is 57.5 Å². The third-order valence-electron chi connectivity index (χ3n) is 20.8. The molecule has 0 amide bonds. The fourth-order valence-electron chi connectivity index (χ4n) is 15.4. The third kappa shape index (κ3) is 11.3. The van der Waals surface area contributed by atoms with Crippen LogP contribution in [0.25, 0.3) is 231 Å². The van der Waals surface area contributed by atoms with Crippen LogP contribution < -0.4 is 0 Å². The van der Waals surface area contributed by atoms with Gasteiger partial charge in [-0.25, -0.2) is 39.9 Å². The first-order valence-corrected chi connectivity index (χ1v) is 38.5. The number of fused-ring (bicyclic) bond motifs is 14. The Bertz CT molecular complexity index is 7600. The molecule has 0 spiro atoms. The molecule has 0 bridgehead atoms. The molecule has 0 radical (unpaired) electrons. The minimum Gasteiger partial charge on any atom is -0.456 e. The summed E-state index contributed by atoms with van der Waals surface area (Å²) in [7, 11) is 0. The van der Waals surface area contributed by atoms with Gasteiger partial charge in [0.05, 0.1) is 5.56 Å². The second-order valence-corrected chi connectivity index (χ2v) is 29.8. The Balaban J connectivity index is 0.000000138. The summed E-state index contributed by atoms with van der Waals surface area (Å²) < 4.78 is 30.6. The zero-order valence-corrected chi connectivity index (χ0v) is 61.0. The Morgan fingerprint density at radius 2 is 0.589 bits per heavy atom. The standard InChI is InChI=1S/C52H30N4O3.C46H26N4OS2/c1-3-12-31(13-4-1)33-16-9-17-36(28-33)50-54-49(32-14-5-2-6-15-32)55-51(56-50)39-20-11-23-45-47(39)41-29-34(25-27-44(41)57-45)35-24-26-42-46(30-35)59-52(53-42)40-21-10-19-38-37-18-7-8-22-43(37)58-48(38)40;1-3-11-27(12-4-1)43-48-44(28-13-5-2-6-14-28)50-45(49-43)32-16-9-19-40-42(32)34-25-29(22-24-38(34)53-40)30-21-23-35-36(26-30)51-46(47-35)33-17-10-20-39-41(33)31-15-7-8-18-37(31)52-39/h1-30H;1-26H. The average Bonchev–Trinajstić information content (AvgIpc) is 1.68. The highest BCUT2D eigenvalue weighted by molar-refractivity contribution is 7.26. The van der Waals surface area contributed by atoms with Gasteiger partial charge in [0.15, 0.2) is 46.1 Å². The van der Waals surface area contributed by atoms with E-state index in [1.165, 1.54) is 29.6 Å². The van der Waals surface area contributed by atoms with Gasteiger partial charge in [-0.05, 0) is 130 Å². The number of benzene rings is 15. The van der Waals surface area contributed by atoms with Crippen molar-refractivity contribution in [2.24, 2.45) is 0 Å². The maximum absolute atomic E-state index is 6.53. The minimum absolute atomic E-state index is 0.515.